The molecule has 0 aromatic carbocycles. The molecule has 16 heavy (non-hydrogen) atoms. The van der Waals surface area contributed by atoms with Gasteiger partial charge in [0.05, 0.1) is 0 Å². The zero-order valence-electron chi connectivity index (χ0n) is 10.3. The molecule has 0 aliphatic heterocycles. The molecule has 0 spiro atoms. The molecule has 0 bridgehead atoms. The van der Waals surface area contributed by atoms with Crippen molar-refractivity contribution >= 4 is 0 Å². The van der Waals surface area contributed by atoms with E-state index in [1.807, 2.05) is 20.8 Å². The molecule has 96 valence electrons. The molecule has 1 aliphatic rings. The molecule has 0 amide bonds. The first-order chi connectivity index (χ1) is 7.18. The lowest BCUT2D eigenvalue weighted by molar-refractivity contribution is -0.164. The van der Waals surface area contributed by atoms with Crippen LogP contribution in [0.3, 0.4) is 0 Å². The molecule has 0 aromatic heterocycles. The molecule has 1 rings (SSSR count). The van der Waals surface area contributed by atoms with E-state index < -0.39 is 12.2 Å². The van der Waals surface area contributed by atoms with E-state index >= 15 is 0 Å². The van der Waals surface area contributed by atoms with Crippen LogP contribution in [-0.4, -0.2) is 18.3 Å². The maximum Gasteiger partial charge on any atom is 0.403 e. The minimum absolute atomic E-state index is 0.0639. The molecular formula is C12H22F3N. The van der Waals surface area contributed by atoms with Gasteiger partial charge >= 0.3 is 6.18 Å². The van der Waals surface area contributed by atoms with Gasteiger partial charge in [0.1, 0.15) is 6.04 Å². The second-order valence-corrected chi connectivity index (χ2v) is 6.01. The summed E-state index contributed by atoms with van der Waals surface area (Å²) in [4.78, 5) is 0. The third kappa shape index (κ3) is 4.73. The topological polar surface area (TPSA) is 12.0 Å². The zero-order valence-corrected chi connectivity index (χ0v) is 10.3. The highest BCUT2D eigenvalue weighted by Crippen LogP contribution is 2.32. The van der Waals surface area contributed by atoms with Crippen LogP contribution in [0.15, 0.2) is 0 Å². The average molecular weight is 237 g/mol. The van der Waals surface area contributed by atoms with Gasteiger partial charge in [-0.3, -0.25) is 0 Å². The van der Waals surface area contributed by atoms with Crippen LogP contribution in [-0.2, 0) is 0 Å². The summed E-state index contributed by atoms with van der Waals surface area (Å²) in [6.07, 6.45) is -0.105. The zero-order chi connectivity index (χ0) is 12.4. The smallest absolute Gasteiger partial charge is 0.303 e. The van der Waals surface area contributed by atoms with Crippen LogP contribution in [0.4, 0.5) is 13.2 Å². The summed E-state index contributed by atoms with van der Waals surface area (Å²) in [6.45, 7) is 5.55. The van der Waals surface area contributed by atoms with Gasteiger partial charge in [-0.2, -0.15) is 13.2 Å². The number of nitrogens with one attached hydrogen (secondary N) is 1. The molecule has 1 nitrogen and oxygen atoms in total. The quantitative estimate of drug-likeness (QED) is 0.785. The minimum atomic E-state index is -4.13. The highest BCUT2D eigenvalue weighted by molar-refractivity contribution is 4.85. The fourth-order valence-electron chi connectivity index (χ4n) is 2.26. The fourth-order valence-corrected chi connectivity index (χ4v) is 2.26. The van der Waals surface area contributed by atoms with E-state index in [4.69, 9.17) is 0 Å². The Balaban J connectivity index is 2.57. The van der Waals surface area contributed by atoms with E-state index in [9.17, 15) is 13.2 Å². The van der Waals surface area contributed by atoms with Crippen LogP contribution in [0.2, 0.25) is 0 Å². The van der Waals surface area contributed by atoms with Crippen molar-refractivity contribution in [1.82, 2.24) is 5.32 Å². The Morgan fingerprint density at radius 1 is 1.12 bits per heavy atom. The van der Waals surface area contributed by atoms with Crippen molar-refractivity contribution in [3.05, 3.63) is 0 Å². The maximum atomic E-state index is 12.8. The Morgan fingerprint density at radius 2 is 1.62 bits per heavy atom. The Morgan fingerprint density at radius 3 is 2.00 bits per heavy atom. The van der Waals surface area contributed by atoms with Gasteiger partial charge in [-0.05, 0) is 24.7 Å². The molecule has 1 aliphatic carbocycles. The molecule has 0 saturated heterocycles. The van der Waals surface area contributed by atoms with Gasteiger partial charge < -0.3 is 5.32 Å². The number of rotatable bonds is 3. The average Bonchev–Trinajstić information content (AvgIpc) is 2.51. The van der Waals surface area contributed by atoms with E-state index in [1.54, 1.807) is 0 Å². The van der Waals surface area contributed by atoms with E-state index in [2.05, 4.69) is 5.32 Å². The number of hydrogen-bond donors (Lipinski definition) is 1. The standard InChI is InChI=1S/C12H22F3N/c1-11(2,3)8-10(12(13,14)15)16-9-6-4-5-7-9/h9-10,16H,4-8H2,1-3H3. The largest absolute Gasteiger partial charge is 0.403 e. The van der Waals surface area contributed by atoms with Gasteiger partial charge in [0.25, 0.3) is 0 Å². The summed E-state index contributed by atoms with van der Waals surface area (Å²) in [5.41, 5.74) is -0.300. The Kier molecular flexibility index (Phi) is 4.27. The van der Waals surface area contributed by atoms with E-state index in [0.29, 0.717) is 0 Å². The predicted molar refractivity (Wildman–Crippen MR) is 59.3 cm³/mol. The molecule has 4 heteroatoms. The van der Waals surface area contributed by atoms with Gasteiger partial charge in [0.2, 0.25) is 0 Å². The van der Waals surface area contributed by atoms with Crippen molar-refractivity contribution in [1.29, 1.82) is 0 Å². The second-order valence-electron chi connectivity index (χ2n) is 6.01. The molecule has 0 heterocycles. The first-order valence-corrected chi connectivity index (χ1v) is 6.01. The SMILES string of the molecule is CC(C)(C)CC(NC1CCCC1)C(F)(F)F. The summed E-state index contributed by atoms with van der Waals surface area (Å²) in [6, 6.07) is -1.29. The van der Waals surface area contributed by atoms with Crippen molar-refractivity contribution in [3.8, 4) is 0 Å². The van der Waals surface area contributed by atoms with Crippen LogP contribution >= 0.6 is 0 Å². The molecule has 0 radical (unpaired) electrons. The van der Waals surface area contributed by atoms with Crippen LogP contribution in [0.25, 0.3) is 0 Å². The van der Waals surface area contributed by atoms with Crippen molar-refractivity contribution in [3.63, 3.8) is 0 Å². The van der Waals surface area contributed by atoms with E-state index in [1.165, 1.54) is 0 Å². The van der Waals surface area contributed by atoms with Gasteiger partial charge in [0, 0.05) is 6.04 Å². The third-order valence-electron chi connectivity index (χ3n) is 3.00. The van der Waals surface area contributed by atoms with Gasteiger partial charge in [-0.15, -0.1) is 0 Å². The Hall–Kier alpha value is -0.250. The first kappa shape index (κ1) is 13.8. The summed E-state index contributed by atoms with van der Waals surface area (Å²) < 4.78 is 38.5. The van der Waals surface area contributed by atoms with Gasteiger partial charge in [-0.1, -0.05) is 33.6 Å². The molecule has 1 atom stereocenters. The summed E-state index contributed by atoms with van der Waals surface area (Å²) in [5, 5.41) is 2.79. The fraction of sp³-hybridized carbons (Fsp3) is 1.00. The number of alkyl halides is 3. The third-order valence-corrected chi connectivity index (χ3v) is 3.00. The molecule has 1 fully saturated rings. The first-order valence-electron chi connectivity index (χ1n) is 6.01. The highest BCUT2D eigenvalue weighted by Gasteiger charge is 2.42. The lowest BCUT2D eigenvalue weighted by atomic mass is 9.87. The molecule has 1 N–H and O–H groups in total. The van der Waals surface area contributed by atoms with Crippen LogP contribution < -0.4 is 5.32 Å². The molecular weight excluding hydrogens is 215 g/mol. The van der Waals surface area contributed by atoms with Crippen molar-refractivity contribution in [2.45, 2.75) is 71.1 Å². The maximum absolute atomic E-state index is 12.8. The monoisotopic (exact) mass is 237 g/mol. The minimum Gasteiger partial charge on any atom is -0.303 e. The Bertz CT molecular complexity index is 211. The van der Waals surface area contributed by atoms with Crippen LogP contribution in [0.5, 0.6) is 0 Å². The number of halogens is 3. The molecule has 1 saturated carbocycles. The van der Waals surface area contributed by atoms with Crippen LogP contribution in [0, 0.1) is 5.41 Å². The molecule has 0 aromatic rings. The Labute approximate surface area is 95.8 Å². The lowest BCUT2D eigenvalue weighted by Gasteiger charge is -2.30. The van der Waals surface area contributed by atoms with Crippen molar-refractivity contribution < 1.29 is 13.2 Å². The number of hydrogen-bond acceptors (Lipinski definition) is 1. The predicted octanol–water partition coefficient (Wildman–Crippen LogP) is 3.89. The van der Waals surface area contributed by atoms with Crippen molar-refractivity contribution in [2.24, 2.45) is 5.41 Å². The molecule has 1 unspecified atom stereocenters. The summed E-state index contributed by atoms with van der Waals surface area (Å²) >= 11 is 0. The summed E-state index contributed by atoms with van der Waals surface area (Å²) in [7, 11) is 0. The van der Waals surface area contributed by atoms with Crippen molar-refractivity contribution in [2.75, 3.05) is 0 Å². The second kappa shape index (κ2) is 4.94. The van der Waals surface area contributed by atoms with Gasteiger partial charge in [-0.25, -0.2) is 0 Å². The summed E-state index contributed by atoms with van der Waals surface area (Å²) in [5.74, 6) is 0. The lowest BCUT2D eigenvalue weighted by Crippen LogP contribution is -2.48. The van der Waals surface area contributed by atoms with Gasteiger partial charge in [0.15, 0.2) is 0 Å². The normalized spacial score (nSPS) is 21.4. The highest BCUT2D eigenvalue weighted by atomic mass is 19.4. The van der Waals surface area contributed by atoms with E-state index in [0.717, 1.165) is 25.7 Å². The van der Waals surface area contributed by atoms with E-state index in [-0.39, 0.29) is 17.9 Å². The van der Waals surface area contributed by atoms with Crippen LogP contribution in [0.1, 0.15) is 52.9 Å².